The van der Waals surface area contributed by atoms with Gasteiger partial charge in [0.1, 0.15) is 5.70 Å². The average Bonchev–Trinajstić information content (AvgIpc) is 2.32. The molecule has 0 atom stereocenters. The van der Waals surface area contributed by atoms with Gasteiger partial charge in [0.25, 0.3) is 5.91 Å². The summed E-state index contributed by atoms with van der Waals surface area (Å²) in [7, 11) is 0. The van der Waals surface area contributed by atoms with Crippen LogP contribution in [0.3, 0.4) is 0 Å². The Labute approximate surface area is 77.6 Å². The second-order valence-electron chi connectivity index (χ2n) is 3.06. The molecule has 1 heterocycles. The number of unbranched alkanes of at least 4 members (excludes halogenated alkanes) is 2. The van der Waals surface area contributed by atoms with E-state index in [1.807, 2.05) is 0 Å². The lowest BCUT2D eigenvalue weighted by molar-refractivity contribution is -0.116. The molecule has 0 aromatic carbocycles. The lowest BCUT2D eigenvalue weighted by atomic mass is 10.2. The Morgan fingerprint density at radius 2 is 2.08 bits per heavy atom. The summed E-state index contributed by atoms with van der Waals surface area (Å²) >= 11 is 0. The van der Waals surface area contributed by atoms with Gasteiger partial charge in [0.05, 0.1) is 0 Å². The molecular formula is C9H14N2O2. The molecule has 0 spiro atoms. The summed E-state index contributed by atoms with van der Waals surface area (Å²) in [4.78, 5) is 23.5. The number of amides is 3. The number of rotatable bonds is 4. The summed E-state index contributed by atoms with van der Waals surface area (Å²) in [6, 6.07) is -0.342. The highest BCUT2D eigenvalue weighted by atomic mass is 16.2. The Morgan fingerprint density at radius 3 is 2.54 bits per heavy atom. The molecule has 0 aliphatic carbocycles. The SMILES string of the molecule is C=C1C(=O)NC(=O)N1CCCCC. The summed E-state index contributed by atoms with van der Waals surface area (Å²) in [5.74, 6) is -0.374. The number of carbonyl (C=O) groups excluding carboxylic acids is 2. The van der Waals surface area contributed by atoms with Gasteiger partial charge in [-0.25, -0.2) is 4.79 Å². The molecule has 1 saturated heterocycles. The molecular weight excluding hydrogens is 168 g/mol. The topological polar surface area (TPSA) is 49.4 Å². The maximum Gasteiger partial charge on any atom is 0.328 e. The Balaban J connectivity index is 2.45. The third kappa shape index (κ3) is 2.08. The van der Waals surface area contributed by atoms with E-state index in [-0.39, 0.29) is 17.6 Å². The minimum atomic E-state index is -0.374. The first-order chi connectivity index (χ1) is 6.16. The second-order valence-corrected chi connectivity index (χ2v) is 3.06. The standard InChI is InChI=1S/C9H14N2O2/c1-3-4-5-6-11-7(2)8(12)10-9(11)13/h2-6H2,1H3,(H,10,12,13). The lowest BCUT2D eigenvalue weighted by Crippen LogP contribution is -2.28. The molecule has 0 radical (unpaired) electrons. The Kier molecular flexibility index (Phi) is 3.06. The summed E-state index contributed by atoms with van der Waals surface area (Å²) in [5, 5.41) is 2.19. The lowest BCUT2D eigenvalue weighted by Gasteiger charge is -2.13. The first kappa shape index (κ1) is 9.77. The molecule has 4 heteroatoms. The van der Waals surface area contributed by atoms with Gasteiger partial charge in [-0.05, 0) is 6.42 Å². The largest absolute Gasteiger partial charge is 0.328 e. The fourth-order valence-electron chi connectivity index (χ4n) is 1.24. The van der Waals surface area contributed by atoms with Crippen molar-refractivity contribution in [3.8, 4) is 0 Å². The smallest absolute Gasteiger partial charge is 0.289 e. The van der Waals surface area contributed by atoms with Crippen LogP contribution in [0.25, 0.3) is 0 Å². The van der Waals surface area contributed by atoms with Crippen molar-refractivity contribution in [3.63, 3.8) is 0 Å². The minimum Gasteiger partial charge on any atom is -0.289 e. The molecule has 72 valence electrons. The molecule has 0 unspecified atom stereocenters. The van der Waals surface area contributed by atoms with E-state index in [2.05, 4.69) is 18.8 Å². The number of imide groups is 1. The van der Waals surface area contributed by atoms with Crippen LogP contribution >= 0.6 is 0 Å². The third-order valence-corrected chi connectivity index (χ3v) is 2.04. The summed E-state index contributed by atoms with van der Waals surface area (Å²) in [5.41, 5.74) is 0.265. The van der Waals surface area contributed by atoms with Crippen molar-refractivity contribution >= 4 is 11.9 Å². The molecule has 1 rings (SSSR count). The van der Waals surface area contributed by atoms with Crippen molar-refractivity contribution in [2.24, 2.45) is 0 Å². The van der Waals surface area contributed by atoms with E-state index in [1.165, 1.54) is 4.90 Å². The van der Waals surface area contributed by atoms with E-state index in [0.717, 1.165) is 19.3 Å². The fraction of sp³-hybridized carbons (Fsp3) is 0.556. The first-order valence-electron chi connectivity index (χ1n) is 4.48. The van der Waals surface area contributed by atoms with Gasteiger partial charge in [0.2, 0.25) is 0 Å². The molecule has 0 aromatic heterocycles. The van der Waals surface area contributed by atoms with E-state index in [9.17, 15) is 9.59 Å². The Bertz CT molecular complexity index is 248. The molecule has 1 N–H and O–H groups in total. The Morgan fingerprint density at radius 1 is 1.38 bits per heavy atom. The average molecular weight is 182 g/mol. The molecule has 4 nitrogen and oxygen atoms in total. The van der Waals surface area contributed by atoms with E-state index in [0.29, 0.717) is 6.54 Å². The van der Waals surface area contributed by atoms with Crippen LogP contribution in [0.2, 0.25) is 0 Å². The quantitative estimate of drug-likeness (QED) is 0.404. The predicted molar refractivity (Wildman–Crippen MR) is 48.9 cm³/mol. The van der Waals surface area contributed by atoms with Gasteiger partial charge >= 0.3 is 6.03 Å². The number of nitrogens with zero attached hydrogens (tertiary/aromatic N) is 1. The van der Waals surface area contributed by atoms with Crippen molar-refractivity contribution in [1.82, 2.24) is 10.2 Å². The zero-order chi connectivity index (χ0) is 9.84. The van der Waals surface area contributed by atoms with E-state index in [1.54, 1.807) is 0 Å². The molecule has 0 aromatic rings. The number of hydrogen-bond acceptors (Lipinski definition) is 2. The molecule has 1 aliphatic rings. The maximum absolute atomic E-state index is 11.1. The van der Waals surface area contributed by atoms with E-state index >= 15 is 0 Å². The van der Waals surface area contributed by atoms with Crippen LogP contribution in [0.1, 0.15) is 26.2 Å². The third-order valence-electron chi connectivity index (χ3n) is 2.04. The van der Waals surface area contributed by atoms with Gasteiger partial charge in [0, 0.05) is 6.54 Å². The van der Waals surface area contributed by atoms with Crippen molar-refractivity contribution in [2.75, 3.05) is 6.54 Å². The number of hydrogen-bond donors (Lipinski definition) is 1. The van der Waals surface area contributed by atoms with E-state index < -0.39 is 0 Å². The molecule has 3 amide bonds. The van der Waals surface area contributed by atoms with E-state index in [4.69, 9.17) is 0 Å². The van der Waals surface area contributed by atoms with Crippen LogP contribution in [0, 0.1) is 0 Å². The zero-order valence-electron chi connectivity index (χ0n) is 7.80. The van der Waals surface area contributed by atoms with Crippen LogP contribution in [-0.2, 0) is 4.79 Å². The minimum absolute atomic E-state index is 0.265. The predicted octanol–water partition coefficient (Wildman–Crippen LogP) is 1.24. The highest BCUT2D eigenvalue weighted by Gasteiger charge is 2.30. The van der Waals surface area contributed by atoms with Crippen molar-refractivity contribution in [1.29, 1.82) is 0 Å². The van der Waals surface area contributed by atoms with Crippen LogP contribution < -0.4 is 5.32 Å². The summed E-state index contributed by atoms with van der Waals surface area (Å²) in [6.07, 6.45) is 3.07. The molecule has 13 heavy (non-hydrogen) atoms. The summed E-state index contributed by atoms with van der Waals surface area (Å²) < 4.78 is 0. The maximum atomic E-state index is 11.1. The fourth-order valence-corrected chi connectivity index (χ4v) is 1.24. The molecule has 1 fully saturated rings. The first-order valence-corrected chi connectivity index (χ1v) is 4.48. The van der Waals surface area contributed by atoms with Crippen LogP contribution in [0.15, 0.2) is 12.3 Å². The highest BCUT2D eigenvalue weighted by molar-refractivity contribution is 6.11. The van der Waals surface area contributed by atoms with Gasteiger partial charge < -0.3 is 0 Å². The zero-order valence-corrected chi connectivity index (χ0v) is 7.80. The van der Waals surface area contributed by atoms with Crippen LogP contribution in [-0.4, -0.2) is 23.4 Å². The van der Waals surface area contributed by atoms with Gasteiger partial charge in [-0.2, -0.15) is 0 Å². The second kappa shape index (κ2) is 4.07. The number of carbonyl (C=O) groups is 2. The van der Waals surface area contributed by atoms with Gasteiger partial charge in [0.15, 0.2) is 0 Å². The Hall–Kier alpha value is -1.32. The van der Waals surface area contributed by atoms with Gasteiger partial charge in [-0.3, -0.25) is 15.0 Å². The molecule has 1 aliphatic heterocycles. The van der Waals surface area contributed by atoms with Gasteiger partial charge in [-0.15, -0.1) is 0 Å². The highest BCUT2D eigenvalue weighted by Crippen LogP contribution is 2.11. The number of nitrogens with one attached hydrogen (secondary N) is 1. The van der Waals surface area contributed by atoms with Crippen LogP contribution in [0.4, 0.5) is 4.79 Å². The van der Waals surface area contributed by atoms with Crippen molar-refractivity contribution in [2.45, 2.75) is 26.2 Å². The van der Waals surface area contributed by atoms with Crippen molar-refractivity contribution in [3.05, 3.63) is 12.3 Å². The van der Waals surface area contributed by atoms with Gasteiger partial charge in [-0.1, -0.05) is 26.3 Å². The summed E-state index contributed by atoms with van der Waals surface area (Å²) in [6.45, 7) is 6.21. The number of urea groups is 1. The van der Waals surface area contributed by atoms with Crippen molar-refractivity contribution < 1.29 is 9.59 Å². The molecule has 0 bridgehead atoms. The monoisotopic (exact) mass is 182 g/mol. The van der Waals surface area contributed by atoms with Crippen LogP contribution in [0.5, 0.6) is 0 Å². The molecule has 0 saturated carbocycles. The normalized spacial score (nSPS) is 16.7.